The Hall–Kier alpha value is -7.56. The summed E-state index contributed by atoms with van der Waals surface area (Å²) in [7, 11) is 0. The van der Waals surface area contributed by atoms with Gasteiger partial charge in [0.25, 0.3) is 6.71 Å². The van der Waals surface area contributed by atoms with E-state index in [1.165, 1.54) is 72.5 Å². The molecule has 11 rings (SSSR count). The van der Waals surface area contributed by atoms with E-state index in [2.05, 4.69) is 249 Å². The van der Waals surface area contributed by atoms with Gasteiger partial charge in [-0.15, -0.1) is 0 Å². The van der Waals surface area contributed by atoms with Crippen molar-refractivity contribution in [2.45, 2.75) is 27.7 Å². The molecule has 9 aromatic rings. The number of benzene rings is 9. The molecule has 0 saturated carbocycles. The van der Waals surface area contributed by atoms with Gasteiger partial charge in [-0.2, -0.15) is 0 Å². The van der Waals surface area contributed by atoms with Crippen LogP contribution in [0.1, 0.15) is 22.3 Å². The lowest BCUT2D eigenvalue weighted by Gasteiger charge is -2.45. The standard InChI is InChI=1S/C58H46BN3/c1-39-23-29-45(30-24-39)60-54-33-27-41(3)35-50(54)59-51-36-42(4)28-34-55(51)61(46-31-25-40(2)26-32-46)57-38-47(37-56(60)58(57)59)62(52-21-13-11-19-48(52)43-15-7-5-8-16-43)53-22-14-12-20-49(53)44-17-9-6-10-18-44/h5-38H,1-4H3. The van der Waals surface area contributed by atoms with E-state index < -0.39 is 0 Å². The average molecular weight is 796 g/mol. The smallest absolute Gasteiger partial charge is 0.252 e. The van der Waals surface area contributed by atoms with Gasteiger partial charge in [-0.05, 0) is 116 Å². The molecule has 0 bridgehead atoms. The Morgan fingerprint density at radius 3 is 1.18 bits per heavy atom. The van der Waals surface area contributed by atoms with Crippen LogP contribution in [0.3, 0.4) is 0 Å². The summed E-state index contributed by atoms with van der Waals surface area (Å²) in [6.45, 7) is 8.80. The Balaban J connectivity index is 1.29. The number of rotatable bonds is 7. The van der Waals surface area contributed by atoms with Crippen molar-refractivity contribution in [1.29, 1.82) is 0 Å². The van der Waals surface area contributed by atoms with Gasteiger partial charge in [-0.3, -0.25) is 0 Å². The van der Waals surface area contributed by atoms with E-state index in [9.17, 15) is 0 Å². The van der Waals surface area contributed by atoms with Crippen LogP contribution in [-0.4, -0.2) is 6.71 Å². The van der Waals surface area contributed by atoms with Crippen LogP contribution < -0.4 is 31.1 Å². The molecule has 0 aromatic heterocycles. The quantitative estimate of drug-likeness (QED) is 0.149. The molecule has 0 fully saturated rings. The maximum absolute atomic E-state index is 2.52. The van der Waals surface area contributed by atoms with E-state index in [4.69, 9.17) is 0 Å². The molecule has 4 heteroatoms. The maximum atomic E-state index is 2.52. The first-order valence-electron chi connectivity index (χ1n) is 21.6. The zero-order valence-corrected chi connectivity index (χ0v) is 35.5. The number of fused-ring (bicyclic) bond motifs is 4. The number of anilines is 9. The first-order valence-corrected chi connectivity index (χ1v) is 21.6. The van der Waals surface area contributed by atoms with Crippen LogP contribution in [0.4, 0.5) is 51.2 Å². The van der Waals surface area contributed by atoms with Crippen molar-refractivity contribution >= 4 is 74.3 Å². The largest absolute Gasteiger partial charge is 0.311 e. The summed E-state index contributed by atoms with van der Waals surface area (Å²) >= 11 is 0. The fourth-order valence-electron chi connectivity index (χ4n) is 9.77. The fraction of sp³-hybridized carbons (Fsp3) is 0.0690. The number of aryl methyl sites for hydroxylation is 4. The van der Waals surface area contributed by atoms with Gasteiger partial charge in [-0.25, -0.2) is 0 Å². The summed E-state index contributed by atoms with van der Waals surface area (Å²) in [6, 6.07) is 76.4. The number of hydrogen-bond acceptors (Lipinski definition) is 3. The molecule has 0 unspecified atom stereocenters. The van der Waals surface area contributed by atoms with Crippen molar-refractivity contribution in [1.82, 2.24) is 0 Å². The van der Waals surface area contributed by atoms with Crippen LogP contribution in [0.2, 0.25) is 0 Å². The maximum Gasteiger partial charge on any atom is 0.252 e. The topological polar surface area (TPSA) is 9.72 Å². The summed E-state index contributed by atoms with van der Waals surface area (Å²) in [4.78, 5) is 7.55. The minimum Gasteiger partial charge on any atom is -0.311 e. The van der Waals surface area contributed by atoms with Crippen molar-refractivity contribution in [2.75, 3.05) is 14.7 Å². The van der Waals surface area contributed by atoms with Gasteiger partial charge < -0.3 is 14.7 Å². The van der Waals surface area contributed by atoms with Crippen molar-refractivity contribution in [3.63, 3.8) is 0 Å². The summed E-state index contributed by atoms with van der Waals surface area (Å²) in [5, 5.41) is 0. The molecular formula is C58H46BN3. The van der Waals surface area contributed by atoms with Gasteiger partial charge in [0.1, 0.15) is 0 Å². The monoisotopic (exact) mass is 795 g/mol. The van der Waals surface area contributed by atoms with E-state index in [0.717, 1.165) is 39.6 Å². The Labute approximate surface area is 365 Å². The normalized spacial score (nSPS) is 12.4. The van der Waals surface area contributed by atoms with E-state index in [1.54, 1.807) is 0 Å². The predicted molar refractivity (Wildman–Crippen MR) is 265 cm³/mol. The van der Waals surface area contributed by atoms with Crippen LogP contribution in [0.25, 0.3) is 22.3 Å². The summed E-state index contributed by atoms with van der Waals surface area (Å²) < 4.78 is 0. The average Bonchev–Trinajstić information content (AvgIpc) is 3.31. The van der Waals surface area contributed by atoms with E-state index in [-0.39, 0.29) is 6.71 Å². The van der Waals surface area contributed by atoms with E-state index in [0.29, 0.717) is 0 Å². The van der Waals surface area contributed by atoms with Crippen molar-refractivity contribution < 1.29 is 0 Å². The molecule has 2 aliphatic rings. The highest BCUT2D eigenvalue weighted by Crippen LogP contribution is 2.50. The molecule has 0 N–H and O–H groups in total. The zero-order chi connectivity index (χ0) is 41.9. The first kappa shape index (κ1) is 37.4. The molecule has 0 radical (unpaired) electrons. The van der Waals surface area contributed by atoms with Crippen molar-refractivity contribution in [3.05, 3.63) is 229 Å². The lowest BCUT2D eigenvalue weighted by atomic mass is 9.33. The van der Waals surface area contributed by atoms with E-state index >= 15 is 0 Å². The van der Waals surface area contributed by atoms with Gasteiger partial charge in [0.2, 0.25) is 0 Å². The molecule has 0 saturated heterocycles. The minimum absolute atomic E-state index is 0.0175. The van der Waals surface area contributed by atoms with Gasteiger partial charge in [0.15, 0.2) is 0 Å². The van der Waals surface area contributed by atoms with Crippen molar-refractivity contribution in [2.24, 2.45) is 0 Å². The molecule has 0 atom stereocenters. The lowest BCUT2D eigenvalue weighted by molar-refractivity contribution is 1.22. The van der Waals surface area contributed by atoms with Gasteiger partial charge in [-0.1, -0.05) is 168 Å². The highest BCUT2D eigenvalue weighted by atomic mass is 15.2. The SMILES string of the molecule is Cc1ccc(N2c3ccc(C)cc3B3c4cc(C)ccc4N(c4ccc(C)cc4)c4cc(N(c5ccccc5-c5ccccc5)c5ccccc5-c5ccccc5)cc2c43)cc1. The zero-order valence-electron chi connectivity index (χ0n) is 35.5. The Bertz CT molecular complexity index is 2910. The second-order valence-corrected chi connectivity index (χ2v) is 16.9. The fourth-order valence-corrected chi connectivity index (χ4v) is 9.77. The molecule has 0 spiro atoms. The summed E-state index contributed by atoms with van der Waals surface area (Å²) in [5.74, 6) is 0. The minimum atomic E-state index is 0.0175. The molecule has 0 aliphatic carbocycles. The number of hydrogen-bond donors (Lipinski definition) is 0. The van der Waals surface area contributed by atoms with Crippen molar-refractivity contribution in [3.8, 4) is 22.3 Å². The van der Waals surface area contributed by atoms with Gasteiger partial charge in [0, 0.05) is 45.3 Å². The molecule has 62 heavy (non-hydrogen) atoms. The van der Waals surface area contributed by atoms with E-state index in [1.807, 2.05) is 0 Å². The highest BCUT2D eigenvalue weighted by Gasteiger charge is 2.44. The lowest BCUT2D eigenvalue weighted by Crippen LogP contribution is -2.61. The number of para-hydroxylation sites is 2. The first-order chi connectivity index (χ1) is 30.4. The molecule has 3 nitrogen and oxygen atoms in total. The Kier molecular flexibility index (Phi) is 9.16. The Morgan fingerprint density at radius 2 is 0.742 bits per heavy atom. The second-order valence-electron chi connectivity index (χ2n) is 16.9. The van der Waals surface area contributed by atoms with Crippen LogP contribution >= 0.6 is 0 Å². The van der Waals surface area contributed by atoms with Crippen LogP contribution in [0.15, 0.2) is 206 Å². The summed E-state index contributed by atoms with van der Waals surface area (Å²) in [5.41, 5.74) is 23.9. The van der Waals surface area contributed by atoms with Crippen LogP contribution in [0, 0.1) is 27.7 Å². The Morgan fingerprint density at radius 1 is 0.355 bits per heavy atom. The number of nitrogens with zero attached hydrogens (tertiary/aromatic N) is 3. The third-order valence-electron chi connectivity index (χ3n) is 12.7. The van der Waals surface area contributed by atoms with Crippen LogP contribution in [0.5, 0.6) is 0 Å². The predicted octanol–water partition coefficient (Wildman–Crippen LogP) is 13.8. The molecule has 2 heterocycles. The molecule has 2 aliphatic heterocycles. The van der Waals surface area contributed by atoms with Gasteiger partial charge in [0.05, 0.1) is 17.1 Å². The molecule has 296 valence electrons. The molecule has 0 amide bonds. The highest BCUT2D eigenvalue weighted by molar-refractivity contribution is 7.00. The third-order valence-corrected chi connectivity index (χ3v) is 12.7. The third kappa shape index (κ3) is 6.30. The molecule has 9 aromatic carbocycles. The molecular weight excluding hydrogens is 749 g/mol. The summed E-state index contributed by atoms with van der Waals surface area (Å²) in [6.07, 6.45) is 0. The van der Waals surface area contributed by atoms with Crippen LogP contribution in [-0.2, 0) is 0 Å². The second kappa shape index (κ2) is 15.2. The van der Waals surface area contributed by atoms with Gasteiger partial charge >= 0.3 is 0 Å².